The van der Waals surface area contributed by atoms with Crippen LogP contribution in [-0.4, -0.2) is 41.3 Å². The van der Waals surface area contributed by atoms with Crippen molar-refractivity contribution in [3.8, 4) is 0 Å². The van der Waals surface area contributed by atoms with Gasteiger partial charge in [0.15, 0.2) is 5.70 Å². The molecular formula is C10H13N3O2S. The maximum Gasteiger partial charge on any atom is 0.357 e. The molecule has 0 unspecified atom stereocenters. The molecule has 1 aliphatic heterocycles. The second kappa shape index (κ2) is 6.12. The third-order valence-electron chi connectivity index (χ3n) is 1.80. The molecule has 0 amide bonds. The molecule has 16 heavy (non-hydrogen) atoms. The Morgan fingerprint density at radius 2 is 2.50 bits per heavy atom. The van der Waals surface area contributed by atoms with Gasteiger partial charge in [-0.2, -0.15) is 0 Å². The van der Waals surface area contributed by atoms with Crippen molar-refractivity contribution in [1.82, 2.24) is 4.90 Å². The minimum atomic E-state index is -1.08. The Kier molecular flexibility index (Phi) is 4.78. The van der Waals surface area contributed by atoms with Gasteiger partial charge >= 0.3 is 5.97 Å². The van der Waals surface area contributed by atoms with E-state index in [0.29, 0.717) is 11.7 Å². The summed E-state index contributed by atoms with van der Waals surface area (Å²) in [7, 11) is 0. The van der Waals surface area contributed by atoms with E-state index in [4.69, 9.17) is 5.11 Å². The third kappa shape index (κ3) is 2.96. The number of hydrogen-bond acceptors (Lipinski definition) is 5. The number of carbonyl (C=O) groups is 1. The number of aliphatic carboxylic acids is 1. The van der Waals surface area contributed by atoms with Gasteiger partial charge in [-0.05, 0) is 18.5 Å². The van der Waals surface area contributed by atoms with Gasteiger partial charge in [0.1, 0.15) is 11.7 Å². The summed E-state index contributed by atoms with van der Waals surface area (Å²) in [6, 6.07) is 0. The SMILES string of the molecule is C=N/C(C(=O)O)=C(/SCC)N1C=CC=NC1. The van der Waals surface area contributed by atoms with Crippen LogP contribution in [0.3, 0.4) is 0 Å². The molecule has 0 saturated heterocycles. The highest BCUT2D eigenvalue weighted by Gasteiger charge is 2.18. The Balaban J connectivity index is 3.05. The van der Waals surface area contributed by atoms with Crippen LogP contribution < -0.4 is 0 Å². The van der Waals surface area contributed by atoms with Crippen LogP contribution in [0.15, 0.2) is 33.0 Å². The molecule has 86 valence electrons. The van der Waals surface area contributed by atoms with Crippen molar-refractivity contribution in [2.24, 2.45) is 9.98 Å². The lowest BCUT2D eigenvalue weighted by atomic mass is 10.4. The number of rotatable bonds is 5. The van der Waals surface area contributed by atoms with Gasteiger partial charge in [-0.15, -0.1) is 11.8 Å². The number of aliphatic imine (C=N–C) groups is 2. The van der Waals surface area contributed by atoms with Gasteiger partial charge in [0.05, 0.1) is 0 Å². The van der Waals surface area contributed by atoms with Gasteiger partial charge in [-0.1, -0.05) is 6.92 Å². The Bertz CT molecular complexity index is 374. The van der Waals surface area contributed by atoms with Crippen LogP contribution in [0.4, 0.5) is 0 Å². The molecule has 0 atom stereocenters. The van der Waals surface area contributed by atoms with Crippen LogP contribution >= 0.6 is 11.8 Å². The number of nitrogens with zero attached hydrogens (tertiary/aromatic N) is 3. The van der Waals surface area contributed by atoms with Crippen LogP contribution in [-0.2, 0) is 4.79 Å². The highest BCUT2D eigenvalue weighted by Crippen LogP contribution is 2.25. The maximum atomic E-state index is 11.0. The second-order valence-electron chi connectivity index (χ2n) is 2.83. The summed E-state index contributed by atoms with van der Waals surface area (Å²) >= 11 is 1.41. The lowest BCUT2D eigenvalue weighted by molar-refractivity contribution is -0.132. The van der Waals surface area contributed by atoms with Crippen LogP contribution in [0.5, 0.6) is 0 Å². The standard InChI is InChI=1S/C10H13N3O2S/c1-3-16-9(8(11-2)10(14)15)13-6-4-5-12-7-13/h4-6H,2-3,7H2,1H3,(H,14,15)/b9-8+. The Labute approximate surface area is 98.3 Å². The lowest BCUT2D eigenvalue weighted by Crippen LogP contribution is -2.20. The van der Waals surface area contributed by atoms with Gasteiger partial charge in [0.25, 0.3) is 0 Å². The zero-order valence-electron chi connectivity index (χ0n) is 8.96. The molecule has 0 aliphatic carbocycles. The third-order valence-corrected chi connectivity index (χ3v) is 2.79. The quantitative estimate of drug-likeness (QED) is 0.584. The first-order valence-corrected chi connectivity index (χ1v) is 5.69. The van der Waals surface area contributed by atoms with Gasteiger partial charge in [0, 0.05) is 12.4 Å². The molecule has 1 heterocycles. The molecule has 0 aromatic rings. The maximum absolute atomic E-state index is 11.0. The van der Waals surface area contributed by atoms with Crippen molar-refractivity contribution in [2.75, 3.05) is 12.4 Å². The first-order chi connectivity index (χ1) is 7.70. The highest BCUT2D eigenvalue weighted by atomic mass is 32.2. The van der Waals surface area contributed by atoms with E-state index in [0.717, 1.165) is 5.75 Å². The largest absolute Gasteiger partial charge is 0.476 e. The van der Waals surface area contributed by atoms with E-state index < -0.39 is 5.97 Å². The summed E-state index contributed by atoms with van der Waals surface area (Å²) in [6.45, 7) is 5.65. The second-order valence-corrected chi connectivity index (χ2v) is 4.09. The monoisotopic (exact) mass is 239 g/mol. The van der Waals surface area contributed by atoms with Crippen LogP contribution in [0, 0.1) is 0 Å². The Morgan fingerprint density at radius 1 is 1.75 bits per heavy atom. The van der Waals surface area contributed by atoms with Crippen molar-refractivity contribution in [2.45, 2.75) is 6.92 Å². The van der Waals surface area contributed by atoms with Crippen LogP contribution in [0.2, 0.25) is 0 Å². The zero-order valence-corrected chi connectivity index (χ0v) is 9.78. The average Bonchev–Trinajstić information content (AvgIpc) is 2.29. The first kappa shape index (κ1) is 12.5. The minimum absolute atomic E-state index is 0.0337. The summed E-state index contributed by atoms with van der Waals surface area (Å²) in [5, 5.41) is 9.57. The molecule has 6 heteroatoms. The molecule has 1 aliphatic rings. The molecule has 0 aromatic heterocycles. The molecule has 1 rings (SSSR count). The molecule has 0 aromatic carbocycles. The summed E-state index contributed by atoms with van der Waals surface area (Å²) in [4.78, 5) is 20.4. The predicted molar refractivity (Wildman–Crippen MR) is 66.7 cm³/mol. The van der Waals surface area contributed by atoms with Crippen molar-refractivity contribution >= 4 is 30.7 Å². The number of hydrogen-bond donors (Lipinski definition) is 1. The lowest BCUT2D eigenvalue weighted by Gasteiger charge is -2.23. The summed E-state index contributed by atoms with van der Waals surface area (Å²) in [6.07, 6.45) is 5.20. The molecular weight excluding hydrogens is 226 g/mol. The fourth-order valence-electron chi connectivity index (χ4n) is 1.17. The molecule has 0 bridgehead atoms. The fourth-order valence-corrected chi connectivity index (χ4v) is 2.01. The van der Waals surface area contributed by atoms with E-state index in [1.54, 1.807) is 23.4 Å². The first-order valence-electron chi connectivity index (χ1n) is 4.71. The topological polar surface area (TPSA) is 65.3 Å². The summed E-state index contributed by atoms with van der Waals surface area (Å²) in [5.74, 6) is -0.315. The highest BCUT2D eigenvalue weighted by molar-refractivity contribution is 8.03. The molecule has 5 nitrogen and oxygen atoms in total. The molecule has 0 spiro atoms. The molecule has 0 saturated carbocycles. The van der Waals surface area contributed by atoms with Crippen molar-refractivity contribution in [1.29, 1.82) is 0 Å². The van der Waals surface area contributed by atoms with Crippen LogP contribution in [0.25, 0.3) is 0 Å². The van der Waals surface area contributed by atoms with Crippen molar-refractivity contribution in [3.63, 3.8) is 0 Å². The number of carboxylic acid groups (broad SMARTS) is 1. The van der Waals surface area contributed by atoms with E-state index >= 15 is 0 Å². The summed E-state index contributed by atoms with van der Waals surface area (Å²) in [5.41, 5.74) is -0.0337. The minimum Gasteiger partial charge on any atom is -0.476 e. The van der Waals surface area contributed by atoms with Gasteiger partial charge in [-0.25, -0.2) is 4.79 Å². The Hall–Kier alpha value is -1.56. The van der Waals surface area contributed by atoms with Crippen molar-refractivity contribution in [3.05, 3.63) is 23.0 Å². The summed E-state index contributed by atoms with van der Waals surface area (Å²) < 4.78 is 0. The predicted octanol–water partition coefficient (Wildman–Crippen LogP) is 1.55. The number of thioether (sulfide) groups is 1. The Morgan fingerprint density at radius 3 is 2.94 bits per heavy atom. The van der Waals surface area contributed by atoms with Gasteiger partial charge in [-0.3, -0.25) is 9.98 Å². The number of allylic oxidation sites excluding steroid dienone is 1. The van der Waals surface area contributed by atoms with E-state index in [9.17, 15) is 4.79 Å². The van der Waals surface area contributed by atoms with Crippen LogP contribution in [0.1, 0.15) is 6.92 Å². The average molecular weight is 239 g/mol. The molecule has 0 radical (unpaired) electrons. The van der Waals surface area contributed by atoms with E-state index in [1.165, 1.54) is 11.8 Å². The fraction of sp³-hybridized carbons (Fsp3) is 0.300. The molecule has 0 fully saturated rings. The zero-order chi connectivity index (χ0) is 12.0. The van der Waals surface area contributed by atoms with E-state index in [1.807, 2.05) is 6.92 Å². The van der Waals surface area contributed by atoms with Gasteiger partial charge < -0.3 is 10.0 Å². The van der Waals surface area contributed by atoms with Gasteiger partial charge in [0.2, 0.25) is 0 Å². The van der Waals surface area contributed by atoms with E-state index in [2.05, 4.69) is 16.7 Å². The smallest absolute Gasteiger partial charge is 0.357 e. The van der Waals surface area contributed by atoms with E-state index in [-0.39, 0.29) is 5.70 Å². The molecule has 1 N–H and O–H groups in total. The van der Waals surface area contributed by atoms with Crippen molar-refractivity contribution < 1.29 is 9.90 Å². The number of carboxylic acids is 1. The normalized spacial score (nSPS) is 15.9.